The molecule has 2 rings (SSSR count). The minimum atomic E-state index is -3.64. The highest BCUT2D eigenvalue weighted by atomic mass is 32.2. The molecule has 1 N–H and O–H groups in total. The lowest BCUT2D eigenvalue weighted by atomic mass is 9.97. The summed E-state index contributed by atoms with van der Waals surface area (Å²) in [4.78, 5) is 12.3. The monoisotopic (exact) mass is 356 g/mol. The van der Waals surface area contributed by atoms with Crippen molar-refractivity contribution in [2.75, 3.05) is 13.1 Å². The molecule has 1 unspecified atom stereocenters. The second-order valence-electron chi connectivity index (χ2n) is 6.41. The highest BCUT2D eigenvalue weighted by molar-refractivity contribution is 7.89. The molecule has 1 aromatic carbocycles. The molecule has 1 aliphatic heterocycles. The summed E-state index contributed by atoms with van der Waals surface area (Å²) in [6.45, 7) is 6.10. The Morgan fingerprint density at radius 2 is 2.00 bits per heavy atom. The van der Waals surface area contributed by atoms with Gasteiger partial charge in [-0.1, -0.05) is 6.92 Å². The summed E-state index contributed by atoms with van der Waals surface area (Å²) in [7, 11) is -3.64. The van der Waals surface area contributed by atoms with Crippen molar-refractivity contribution in [3.63, 3.8) is 0 Å². The maximum absolute atomic E-state index is 13.3. The topological polar surface area (TPSA) is 66.5 Å². The number of amides is 1. The Labute approximate surface area is 143 Å². The molecular weight excluding hydrogens is 331 g/mol. The highest BCUT2D eigenvalue weighted by Crippen LogP contribution is 2.25. The Morgan fingerprint density at radius 3 is 2.54 bits per heavy atom. The number of hydrogen-bond acceptors (Lipinski definition) is 3. The van der Waals surface area contributed by atoms with E-state index in [1.807, 2.05) is 13.8 Å². The predicted molar refractivity (Wildman–Crippen MR) is 90.5 cm³/mol. The maximum atomic E-state index is 13.3. The Kier molecular flexibility index (Phi) is 5.98. The van der Waals surface area contributed by atoms with Crippen molar-refractivity contribution in [1.29, 1.82) is 0 Å². The molecule has 0 aromatic heterocycles. The zero-order valence-electron chi connectivity index (χ0n) is 14.4. The number of aryl methyl sites for hydroxylation is 1. The van der Waals surface area contributed by atoms with Crippen LogP contribution in [0.5, 0.6) is 0 Å². The van der Waals surface area contributed by atoms with Crippen molar-refractivity contribution >= 4 is 15.9 Å². The number of piperidine rings is 1. The van der Waals surface area contributed by atoms with Crippen molar-refractivity contribution in [3.05, 3.63) is 29.6 Å². The minimum Gasteiger partial charge on any atom is -0.353 e. The van der Waals surface area contributed by atoms with Crippen molar-refractivity contribution in [2.24, 2.45) is 5.92 Å². The van der Waals surface area contributed by atoms with E-state index in [-0.39, 0.29) is 22.8 Å². The summed E-state index contributed by atoms with van der Waals surface area (Å²) < 4.78 is 40.0. The Balaban J connectivity index is 2.03. The summed E-state index contributed by atoms with van der Waals surface area (Å²) in [5, 5.41) is 2.95. The van der Waals surface area contributed by atoms with Gasteiger partial charge in [-0.05, 0) is 56.9 Å². The first-order valence-electron chi connectivity index (χ1n) is 8.32. The number of hydrogen-bond donors (Lipinski definition) is 1. The van der Waals surface area contributed by atoms with E-state index >= 15 is 0 Å². The number of rotatable bonds is 5. The third-order valence-electron chi connectivity index (χ3n) is 4.59. The number of halogens is 1. The lowest BCUT2D eigenvalue weighted by Gasteiger charge is -2.31. The third kappa shape index (κ3) is 4.13. The van der Waals surface area contributed by atoms with Crippen LogP contribution in [0, 0.1) is 18.7 Å². The van der Waals surface area contributed by atoms with E-state index in [4.69, 9.17) is 0 Å². The molecule has 0 bridgehead atoms. The molecule has 134 valence electrons. The highest BCUT2D eigenvalue weighted by Gasteiger charge is 2.32. The minimum absolute atomic E-state index is 0.000903. The van der Waals surface area contributed by atoms with Gasteiger partial charge in [-0.2, -0.15) is 4.31 Å². The molecule has 7 heteroatoms. The smallest absolute Gasteiger partial charge is 0.243 e. The van der Waals surface area contributed by atoms with Gasteiger partial charge < -0.3 is 5.32 Å². The molecule has 1 aromatic rings. The van der Waals surface area contributed by atoms with E-state index in [9.17, 15) is 17.6 Å². The molecule has 1 saturated heterocycles. The van der Waals surface area contributed by atoms with Crippen LogP contribution in [0.3, 0.4) is 0 Å². The zero-order chi connectivity index (χ0) is 17.9. The molecule has 0 saturated carbocycles. The van der Waals surface area contributed by atoms with E-state index in [1.54, 1.807) is 6.92 Å². The van der Waals surface area contributed by atoms with Crippen LogP contribution < -0.4 is 5.32 Å². The fourth-order valence-electron chi connectivity index (χ4n) is 2.75. The van der Waals surface area contributed by atoms with E-state index in [0.29, 0.717) is 31.5 Å². The van der Waals surface area contributed by atoms with Gasteiger partial charge in [-0.3, -0.25) is 4.79 Å². The molecule has 24 heavy (non-hydrogen) atoms. The van der Waals surface area contributed by atoms with Gasteiger partial charge in [-0.15, -0.1) is 0 Å². The summed E-state index contributed by atoms with van der Waals surface area (Å²) in [6.07, 6.45) is 1.87. The number of carbonyl (C=O) groups excluding carboxylic acids is 1. The van der Waals surface area contributed by atoms with Gasteiger partial charge >= 0.3 is 0 Å². The fraction of sp³-hybridized carbons (Fsp3) is 0.588. The van der Waals surface area contributed by atoms with Crippen molar-refractivity contribution in [2.45, 2.75) is 51.0 Å². The average molecular weight is 356 g/mol. The summed E-state index contributed by atoms with van der Waals surface area (Å²) >= 11 is 0. The van der Waals surface area contributed by atoms with E-state index in [0.717, 1.165) is 6.42 Å². The van der Waals surface area contributed by atoms with Gasteiger partial charge in [0.25, 0.3) is 0 Å². The quantitative estimate of drug-likeness (QED) is 0.881. The first kappa shape index (κ1) is 18.9. The van der Waals surface area contributed by atoms with Gasteiger partial charge in [0, 0.05) is 25.0 Å². The fourth-order valence-corrected chi connectivity index (χ4v) is 4.30. The molecule has 1 fully saturated rings. The molecular formula is C17H25FN2O3S. The molecule has 0 spiro atoms. The Bertz CT molecular complexity index is 698. The SMILES string of the molecule is CCC(C)NC(=O)C1CCN(S(=O)(=O)c2ccc(F)c(C)c2)CC1. The first-order chi connectivity index (χ1) is 11.3. The van der Waals surface area contributed by atoms with Crippen molar-refractivity contribution in [1.82, 2.24) is 9.62 Å². The van der Waals surface area contributed by atoms with Gasteiger partial charge in [0.1, 0.15) is 5.82 Å². The number of sulfonamides is 1. The zero-order valence-corrected chi connectivity index (χ0v) is 15.2. The maximum Gasteiger partial charge on any atom is 0.243 e. The van der Waals surface area contributed by atoms with Crippen LogP contribution in [-0.2, 0) is 14.8 Å². The van der Waals surface area contributed by atoms with E-state index < -0.39 is 15.8 Å². The largest absolute Gasteiger partial charge is 0.353 e. The number of benzene rings is 1. The third-order valence-corrected chi connectivity index (χ3v) is 6.49. The molecule has 0 aliphatic carbocycles. The number of nitrogens with zero attached hydrogens (tertiary/aromatic N) is 1. The van der Waals surface area contributed by atoms with Gasteiger partial charge in [-0.25, -0.2) is 12.8 Å². The normalized spacial score (nSPS) is 18.3. The summed E-state index contributed by atoms with van der Waals surface area (Å²) in [5.41, 5.74) is 0.305. The standard InChI is InChI=1S/C17H25FN2O3S/c1-4-13(3)19-17(21)14-7-9-20(10-8-14)24(22,23)15-5-6-16(18)12(2)11-15/h5-6,11,13-14H,4,7-10H2,1-3H3,(H,19,21). The summed E-state index contributed by atoms with van der Waals surface area (Å²) in [5.74, 6) is -0.575. The molecule has 5 nitrogen and oxygen atoms in total. The lowest BCUT2D eigenvalue weighted by molar-refractivity contribution is -0.126. The van der Waals surface area contributed by atoms with E-state index in [1.165, 1.54) is 22.5 Å². The Hall–Kier alpha value is -1.47. The van der Waals surface area contributed by atoms with Crippen LogP contribution in [0.1, 0.15) is 38.7 Å². The average Bonchev–Trinajstić information content (AvgIpc) is 2.57. The molecule has 0 radical (unpaired) electrons. The second-order valence-corrected chi connectivity index (χ2v) is 8.35. The van der Waals surface area contributed by atoms with Crippen LogP contribution >= 0.6 is 0 Å². The van der Waals surface area contributed by atoms with Crippen molar-refractivity contribution in [3.8, 4) is 0 Å². The van der Waals surface area contributed by atoms with Crippen LogP contribution in [0.15, 0.2) is 23.1 Å². The van der Waals surface area contributed by atoms with Gasteiger partial charge in [0.15, 0.2) is 0 Å². The number of carbonyl (C=O) groups is 1. The number of nitrogens with one attached hydrogen (secondary N) is 1. The van der Waals surface area contributed by atoms with Crippen molar-refractivity contribution < 1.29 is 17.6 Å². The van der Waals surface area contributed by atoms with Crippen LogP contribution in [0.25, 0.3) is 0 Å². The Morgan fingerprint density at radius 1 is 1.38 bits per heavy atom. The van der Waals surface area contributed by atoms with E-state index in [2.05, 4.69) is 5.32 Å². The van der Waals surface area contributed by atoms with Crippen LogP contribution in [0.4, 0.5) is 4.39 Å². The molecule has 1 atom stereocenters. The summed E-state index contributed by atoms with van der Waals surface area (Å²) in [6, 6.07) is 3.95. The van der Waals surface area contributed by atoms with Gasteiger partial charge in [0.05, 0.1) is 4.90 Å². The second kappa shape index (κ2) is 7.61. The van der Waals surface area contributed by atoms with Crippen LogP contribution in [0.2, 0.25) is 0 Å². The van der Waals surface area contributed by atoms with Crippen LogP contribution in [-0.4, -0.2) is 37.8 Å². The van der Waals surface area contributed by atoms with Gasteiger partial charge in [0.2, 0.25) is 15.9 Å². The predicted octanol–water partition coefficient (Wildman–Crippen LogP) is 2.45. The first-order valence-corrected chi connectivity index (χ1v) is 9.76. The molecule has 1 amide bonds. The molecule has 1 heterocycles. The lowest BCUT2D eigenvalue weighted by Crippen LogP contribution is -2.44. The molecule has 1 aliphatic rings.